The van der Waals surface area contributed by atoms with Gasteiger partial charge in [-0.1, -0.05) is 0 Å². The number of carboxylic acid groups (broad SMARTS) is 1. The average molecular weight is 454 g/mol. The van der Waals surface area contributed by atoms with Crippen LogP contribution < -0.4 is 4.74 Å². The summed E-state index contributed by atoms with van der Waals surface area (Å²) in [5.41, 5.74) is 0.399. The fourth-order valence-electron chi connectivity index (χ4n) is 3.55. The third-order valence-electron chi connectivity index (χ3n) is 5.15. The van der Waals surface area contributed by atoms with Gasteiger partial charge >= 0.3 is 12.1 Å². The number of nitrogens with zero attached hydrogens (tertiary/aromatic N) is 4. The molecular weight excluding hydrogens is 433 g/mol. The van der Waals surface area contributed by atoms with Crippen molar-refractivity contribution >= 4 is 11.9 Å². The topological polar surface area (TPSA) is 115 Å². The van der Waals surface area contributed by atoms with Crippen molar-refractivity contribution in [1.82, 2.24) is 20.1 Å². The largest absolute Gasteiger partial charge is 0.490 e. The first-order valence-corrected chi connectivity index (χ1v) is 9.75. The standard InChI is InChI=1S/C18H20N4O3.C2HF3O2/c23-17(14-3-7-20-21-11-14)22-8-4-18(5-9-22)10-16(13-24-18)25-15-2-1-6-19-12-15;3-2(4,5)1(6)7/h1-3,6-7,11-12,16H,4-5,8-10,13H2;(H,6,7). The van der Waals surface area contributed by atoms with Crippen molar-refractivity contribution in [1.29, 1.82) is 0 Å². The van der Waals surface area contributed by atoms with Gasteiger partial charge in [0.2, 0.25) is 0 Å². The molecule has 4 heterocycles. The van der Waals surface area contributed by atoms with Crippen LogP contribution in [0.15, 0.2) is 43.0 Å². The van der Waals surface area contributed by atoms with Gasteiger partial charge in [0.25, 0.3) is 5.91 Å². The third kappa shape index (κ3) is 6.13. The number of halogens is 3. The average Bonchev–Trinajstić information content (AvgIpc) is 3.16. The Hall–Kier alpha value is -3.28. The van der Waals surface area contributed by atoms with Crippen LogP contribution in [0.1, 0.15) is 29.6 Å². The van der Waals surface area contributed by atoms with E-state index < -0.39 is 12.1 Å². The number of carbonyl (C=O) groups excluding carboxylic acids is 1. The molecule has 4 rings (SSSR count). The number of likely N-dealkylation sites (tertiary alicyclic amines) is 1. The molecule has 2 saturated heterocycles. The first-order valence-electron chi connectivity index (χ1n) is 9.75. The molecule has 0 aromatic carbocycles. The maximum absolute atomic E-state index is 12.5. The summed E-state index contributed by atoms with van der Waals surface area (Å²) in [5.74, 6) is -1.98. The number of ether oxygens (including phenoxy) is 2. The maximum atomic E-state index is 12.5. The zero-order chi connectivity index (χ0) is 23.2. The number of amides is 1. The van der Waals surface area contributed by atoms with E-state index in [-0.39, 0.29) is 17.6 Å². The molecule has 12 heteroatoms. The summed E-state index contributed by atoms with van der Waals surface area (Å²) in [5, 5.41) is 14.6. The van der Waals surface area contributed by atoms with Crippen molar-refractivity contribution in [3.05, 3.63) is 48.5 Å². The summed E-state index contributed by atoms with van der Waals surface area (Å²) in [4.78, 5) is 27.3. The molecular formula is C20H21F3N4O5. The van der Waals surface area contributed by atoms with Crippen LogP contribution in [0.2, 0.25) is 0 Å². The number of hydrogen-bond acceptors (Lipinski definition) is 7. The lowest BCUT2D eigenvalue weighted by atomic mass is 9.87. The molecule has 2 fully saturated rings. The zero-order valence-corrected chi connectivity index (χ0v) is 16.9. The molecule has 2 aromatic heterocycles. The van der Waals surface area contributed by atoms with Gasteiger partial charge in [0.1, 0.15) is 11.9 Å². The van der Waals surface area contributed by atoms with Crippen LogP contribution in [-0.4, -0.2) is 74.6 Å². The van der Waals surface area contributed by atoms with Gasteiger partial charge in [0.05, 0.1) is 36.4 Å². The van der Waals surface area contributed by atoms with Gasteiger partial charge < -0.3 is 19.5 Å². The van der Waals surface area contributed by atoms with E-state index in [4.69, 9.17) is 19.4 Å². The molecule has 2 aliphatic rings. The van der Waals surface area contributed by atoms with Gasteiger partial charge in [0.15, 0.2) is 0 Å². The molecule has 0 aliphatic carbocycles. The van der Waals surface area contributed by atoms with Gasteiger partial charge in [-0.15, -0.1) is 0 Å². The molecule has 1 amide bonds. The Morgan fingerprint density at radius 2 is 1.88 bits per heavy atom. The second-order valence-corrected chi connectivity index (χ2v) is 7.35. The molecule has 2 aliphatic heterocycles. The highest BCUT2D eigenvalue weighted by Crippen LogP contribution is 2.37. The first-order chi connectivity index (χ1) is 15.2. The number of carboxylic acids is 1. The van der Waals surface area contributed by atoms with Crippen LogP contribution in [0.5, 0.6) is 5.75 Å². The van der Waals surface area contributed by atoms with E-state index in [1.165, 1.54) is 6.20 Å². The summed E-state index contributed by atoms with van der Waals surface area (Å²) in [6.07, 6.45) is 3.94. The summed E-state index contributed by atoms with van der Waals surface area (Å²) in [7, 11) is 0. The monoisotopic (exact) mass is 454 g/mol. The van der Waals surface area contributed by atoms with Gasteiger partial charge in [-0.3, -0.25) is 9.78 Å². The van der Waals surface area contributed by atoms with Crippen molar-refractivity contribution in [2.45, 2.75) is 37.1 Å². The minimum absolute atomic E-state index is 0.00547. The number of aliphatic carboxylic acids is 1. The Bertz CT molecular complexity index is 906. The van der Waals surface area contributed by atoms with Crippen LogP contribution in [0, 0.1) is 0 Å². The van der Waals surface area contributed by atoms with Crippen LogP contribution in [-0.2, 0) is 9.53 Å². The van der Waals surface area contributed by atoms with E-state index >= 15 is 0 Å². The van der Waals surface area contributed by atoms with E-state index in [9.17, 15) is 18.0 Å². The number of pyridine rings is 1. The lowest BCUT2D eigenvalue weighted by molar-refractivity contribution is -0.192. The van der Waals surface area contributed by atoms with Crippen LogP contribution in [0.25, 0.3) is 0 Å². The predicted molar refractivity (Wildman–Crippen MR) is 103 cm³/mol. The lowest BCUT2D eigenvalue weighted by Gasteiger charge is -2.38. The fraction of sp³-hybridized carbons (Fsp3) is 0.450. The summed E-state index contributed by atoms with van der Waals surface area (Å²) >= 11 is 0. The maximum Gasteiger partial charge on any atom is 0.490 e. The number of piperidine rings is 1. The Kier molecular flexibility index (Phi) is 7.23. The Balaban J connectivity index is 0.000000360. The van der Waals surface area contributed by atoms with Crippen LogP contribution >= 0.6 is 0 Å². The van der Waals surface area contributed by atoms with Gasteiger partial charge in [-0.25, -0.2) is 4.79 Å². The molecule has 0 radical (unpaired) electrons. The number of carbonyl (C=O) groups is 2. The lowest BCUT2D eigenvalue weighted by Crippen LogP contribution is -2.46. The minimum Gasteiger partial charge on any atom is -0.486 e. The quantitative estimate of drug-likeness (QED) is 0.752. The number of rotatable bonds is 3. The molecule has 0 saturated carbocycles. The molecule has 1 N–H and O–H groups in total. The second-order valence-electron chi connectivity index (χ2n) is 7.35. The smallest absolute Gasteiger partial charge is 0.486 e. The Morgan fingerprint density at radius 1 is 1.16 bits per heavy atom. The van der Waals surface area contributed by atoms with Crippen LogP contribution in [0.4, 0.5) is 13.2 Å². The molecule has 1 atom stereocenters. The highest BCUT2D eigenvalue weighted by Gasteiger charge is 2.44. The highest BCUT2D eigenvalue weighted by molar-refractivity contribution is 5.93. The summed E-state index contributed by atoms with van der Waals surface area (Å²) in [6, 6.07) is 5.46. The van der Waals surface area contributed by atoms with Crippen molar-refractivity contribution in [2.24, 2.45) is 0 Å². The molecule has 0 bridgehead atoms. The summed E-state index contributed by atoms with van der Waals surface area (Å²) < 4.78 is 43.8. The first kappa shape index (κ1) is 23.4. The molecule has 32 heavy (non-hydrogen) atoms. The normalized spacial score (nSPS) is 19.7. The molecule has 1 unspecified atom stereocenters. The molecule has 172 valence electrons. The van der Waals surface area contributed by atoms with E-state index in [2.05, 4.69) is 15.2 Å². The zero-order valence-electron chi connectivity index (χ0n) is 16.9. The number of aromatic nitrogens is 3. The SMILES string of the molecule is O=C(O)C(F)(F)F.O=C(c1ccnnc1)N1CCC2(CC1)CC(Oc1cccnc1)CO2. The Labute approximate surface area is 181 Å². The summed E-state index contributed by atoms with van der Waals surface area (Å²) in [6.45, 7) is 1.94. The molecule has 1 spiro atoms. The second kappa shape index (κ2) is 9.90. The Morgan fingerprint density at radius 3 is 2.44 bits per heavy atom. The minimum atomic E-state index is -5.08. The third-order valence-corrected chi connectivity index (χ3v) is 5.15. The van der Waals surface area contributed by atoms with E-state index in [1.54, 1.807) is 24.7 Å². The van der Waals surface area contributed by atoms with Crippen molar-refractivity contribution in [2.75, 3.05) is 19.7 Å². The van der Waals surface area contributed by atoms with Gasteiger partial charge in [0, 0.05) is 25.7 Å². The van der Waals surface area contributed by atoms with E-state index in [0.717, 1.165) is 25.0 Å². The number of hydrogen-bond donors (Lipinski definition) is 1. The van der Waals surface area contributed by atoms with Crippen LogP contribution in [0.3, 0.4) is 0 Å². The van der Waals surface area contributed by atoms with E-state index in [1.807, 2.05) is 17.0 Å². The molecule has 9 nitrogen and oxygen atoms in total. The van der Waals surface area contributed by atoms with Gasteiger partial charge in [-0.05, 0) is 31.0 Å². The fourth-order valence-corrected chi connectivity index (χ4v) is 3.55. The van der Waals surface area contributed by atoms with E-state index in [0.29, 0.717) is 25.3 Å². The highest BCUT2D eigenvalue weighted by atomic mass is 19.4. The van der Waals surface area contributed by atoms with Crippen molar-refractivity contribution < 1.29 is 37.3 Å². The van der Waals surface area contributed by atoms with Crippen molar-refractivity contribution in [3.8, 4) is 5.75 Å². The number of alkyl halides is 3. The molecule has 2 aromatic rings. The predicted octanol–water partition coefficient (Wildman–Crippen LogP) is 2.35. The van der Waals surface area contributed by atoms with Gasteiger partial charge in [-0.2, -0.15) is 23.4 Å². The van der Waals surface area contributed by atoms with Crippen molar-refractivity contribution in [3.63, 3.8) is 0 Å².